The molecular formula is C18H27N3. The molecule has 0 amide bonds. The molecule has 1 N–H and O–H groups in total. The fourth-order valence-electron chi connectivity index (χ4n) is 2.75. The predicted molar refractivity (Wildman–Crippen MR) is 88.7 cm³/mol. The Bertz CT molecular complexity index is 518. The van der Waals surface area contributed by atoms with Gasteiger partial charge in [0.1, 0.15) is 0 Å². The molecule has 0 aliphatic carbocycles. The lowest BCUT2D eigenvalue weighted by atomic mass is 9.94. The highest BCUT2D eigenvalue weighted by molar-refractivity contribution is 5.30. The van der Waals surface area contributed by atoms with Crippen LogP contribution in [0.2, 0.25) is 0 Å². The lowest BCUT2D eigenvalue weighted by Crippen LogP contribution is -2.28. The molecular weight excluding hydrogens is 258 g/mol. The second-order valence-corrected chi connectivity index (χ2v) is 5.72. The minimum absolute atomic E-state index is 0.342. The largest absolute Gasteiger partial charge is 0.308 e. The van der Waals surface area contributed by atoms with Crippen molar-refractivity contribution in [2.45, 2.75) is 46.1 Å². The van der Waals surface area contributed by atoms with Gasteiger partial charge in [-0.3, -0.25) is 0 Å². The van der Waals surface area contributed by atoms with Gasteiger partial charge in [-0.05, 0) is 43.5 Å². The van der Waals surface area contributed by atoms with E-state index in [2.05, 4.69) is 50.5 Å². The molecule has 0 radical (unpaired) electrons. The first kappa shape index (κ1) is 15.8. The first-order valence-electron chi connectivity index (χ1n) is 8.10. The van der Waals surface area contributed by atoms with Crippen LogP contribution in [0.25, 0.3) is 5.69 Å². The molecule has 0 aliphatic heterocycles. The van der Waals surface area contributed by atoms with Crippen LogP contribution in [0.3, 0.4) is 0 Å². The highest BCUT2D eigenvalue weighted by Gasteiger charge is 2.20. The monoisotopic (exact) mass is 285 g/mol. The maximum atomic E-state index is 4.79. The van der Waals surface area contributed by atoms with E-state index in [-0.39, 0.29) is 0 Å². The Hall–Kier alpha value is -1.61. The lowest BCUT2D eigenvalue weighted by Gasteiger charge is -2.23. The minimum atomic E-state index is 0.342. The fraction of sp³-hybridized carbons (Fsp3) is 0.500. The van der Waals surface area contributed by atoms with Crippen LogP contribution >= 0.6 is 0 Å². The third kappa shape index (κ3) is 4.18. The maximum absolute atomic E-state index is 4.79. The van der Waals surface area contributed by atoms with E-state index in [1.165, 1.54) is 12.8 Å². The van der Waals surface area contributed by atoms with Crippen LogP contribution in [-0.2, 0) is 0 Å². The zero-order valence-electron chi connectivity index (χ0n) is 13.4. The summed E-state index contributed by atoms with van der Waals surface area (Å²) < 4.78 is 1.97. The van der Waals surface area contributed by atoms with Gasteiger partial charge in [0.05, 0.1) is 17.4 Å². The van der Waals surface area contributed by atoms with Crippen LogP contribution in [0.4, 0.5) is 0 Å². The highest BCUT2D eigenvalue weighted by Crippen LogP contribution is 2.25. The fourth-order valence-corrected chi connectivity index (χ4v) is 2.75. The molecule has 0 saturated carbocycles. The van der Waals surface area contributed by atoms with Crippen molar-refractivity contribution in [2.75, 3.05) is 6.54 Å². The van der Waals surface area contributed by atoms with Crippen molar-refractivity contribution >= 4 is 0 Å². The lowest BCUT2D eigenvalue weighted by molar-refractivity contribution is 0.355. The van der Waals surface area contributed by atoms with Gasteiger partial charge < -0.3 is 5.32 Å². The molecule has 21 heavy (non-hydrogen) atoms. The molecule has 0 spiro atoms. The normalized spacial score (nSPS) is 14.0. The number of nitrogens with one attached hydrogen (secondary N) is 1. The van der Waals surface area contributed by atoms with Gasteiger partial charge in [0, 0.05) is 6.20 Å². The van der Waals surface area contributed by atoms with E-state index in [9.17, 15) is 0 Å². The first-order chi connectivity index (χ1) is 10.3. The van der Waals surface area contributed by atoms with Crippen LogP contribution in [0.5, 0.6) is 0 Å². The quantitative estimate of drug-likeness (QED) is 0.781. The Morgan fingerprint density at radius 1 is 1.10 bits per heavy atom. The van der Waals surface area contributed by atoms with E-state index in [0.717, 1.165) is 24.3 Å². The van der Waals surface area contributed by atoms with E-state index in [1.54, 1.807) is 0 Å². The van der Waals surface area contributed by atoms with Crippen molar-refractivity contribution in [3.63, 3.8) is 0 Å². The molecule has 114 valence electrons. The van der Waals surface area contributed by atoms with Gasteiger partial charge in [0.15, 0.2) is 0 Å². The van der Waals surface area contributed by atoms with Gasteiger partial charge >= 0.3 is 0 Å². The molecule has 1 aromatic carbocycles. The van der Waals surface area contributed by atoms with Crippen molar-refractivity contribution in [1.82, 2.24) is 15.1 Å². The van der Waals surface area contributed by atoms with Crippen molar-refractivity contribution < 1.29 is 0 Å². The summed E-state index contributed by atoms with van der Waals surface area (Å²) in [4.78, 5) is 0. The van der Waals surface area contributed by atoms with Crippen LogP contribution in [0, 0.1) is 5.92 Å². The van der Waals surface area contributed by atoms with Crippen LogP contribution in [-0.4, -0.2) is 16.3 Å². The van der Waals surface area contributed by atoms with E-state index in [4.69, 9.17) is 5.10 Å². The summed E-state index contributed by atoms with van der Waals surface area (Å²) in [6.45, 7) is 7.81. The SMILES string of the molecule is CCCNC(c1ccn(-c2ccccc2)n1)C(C)CCC. The van der Waals surface area contributed by atoms with Crippen LogP contribution < -0.4 is 5.32 Å². The molecule has 0 fully saturated rings. The molecule has 1 heterocycles. The van der Waals surface area contributed by atoms with Crippen LogP contribution in [0.1, 0.15) is 51.8 Å². The minimum Gasteiger partial charge on any atom is -0.308 e. The van der Waals surface area contributed by atoms with Crippen molar-refractivity contribution in [3.8, 4) is 5.69 Å². The number of hydrogen-bond donors (Lipinski definition) is 1. The second-order valence-electron chi connectivity index (χ2n) is 5.72. The molecule has 3 nitrogen and oxygen atoms in total. The number of benzene rings is 1. The molecule has 2 rings (SSSR count). The highest BCUT2D eigenvalue weighted by atomic mass is 15.3. The number of nitrogens with zero attached hydrogens (tertiary/aromatic N) is 2. The van der Waals surface area contributed by atoms with Gasteiger partial charge in [-0.25, -0.2) is 4.68 Å². The molecule has 3 heteroatoms. The number of rotatable bonds is 8. The Balaban J connectivity index is 2.18. The topological polar surface area (TPSA) is 29.9 Å². The third-order valence-corrected chi connectivity index (χ3v) is 3.88. The number of para-hydroxylation sites is 1. The van der Waals surface area contributed by atoms with Crippen molar-refractivity contribution in [1.29, 1.82) is 0 Å². The Kier molecular flexibility index (Phi) is 6.00. The average Bonchev–Trinajstić information content (AvgIpc) is 2.98. The zero-order chi connectivity index (χ0) is 15.1. The first-order valence-corrected chi connectivity index (χ1v) is 8.10. The molecule has 0 bridgehead atoms. The van der Waals surface area contributed by atoms with E-state index in [0.29, 0.717) is 12.0 Å². The Morgan fingerprint density at radius 3 is 2.52 bits per heavy atom. The third-order valence-electron chi connectivity index (χ3n) is 3.88. The summed E-state index contributed by atoms with van der Waals surface area (Å²) in [5.41, 5.74) is 2.26. The smallest absolute Gasteiger partial charge is 0.0801 e. The summed E-state index contributed by atoms with van der Waals surface area (Å²) in [5, 5.41) is 8.45. The van der Waals surface area contributed by atoms with Gasteiger partial charge in [0.2, 0.25) is 0 Å². The van der Waals surface area contributed by atoms with E-state index >= 15 is 0 Å². The Labute approximate surface area is 128 Å². The molecule has 0 aliphatic rings. The Morgan fingerprint density at radius 2 is 1.86 bits per heavy atom. The van der Waals surface area contributed by atoms with E-state index < -0.39 is 0 Å². The number of aromatic nitrogens is 2. The summed E-state index contributed by atoms with van der Waals surface area (Å²) in [7, 11) is 0. The molecule has 2 unspecified atom stereocenters. The second kappa shape index (κ2) is 7.99. The number of hydrogen-bond acceptors (Lipinski definition) is 2. The zero-order valence-corrected chi connectivity index (χ0v) is 13.4. The van der Waals surface area contributed by atoms with E-state index in [1.807, 2.05) is 22.9 Å². The standard InChI is InChI=1S/C18H27N3/c1-4-9-15(3)18(19-13-5-2)17-12-14-21(20-17)16-10-7-6-8-11-16/h6-8,10-12,14-15,18-19H,4-5,9,13H2,1-3H3. The average molecular weight is 285 g/mol. The molecule has 1 aromatic heterocycles. The van der Waals surface area contributed by atoms with Gasteiger partial charge in [0.25, 0.3) is 0 Å². The van der Waals surface area contributed by atoms with Gasteiger partial charge in [-0.15, -0.1) is 0 Å². The van der Waals surface area contributed by atoms with Gasteiger partial charge in [-0.1, -0.05) is 45.4 Å². The van der Waals surface area contributed by atoms with Crippen molar-refractivity contribution in [3.05, 3.63) is 48.3 Å². The summed E-state index contributed by atoms with van der Waals surface area (Å²) in [6.07, 6.45) is 5.64. The summed E-state index contributed by atoms with van der Waals surface area (Å²) >= 11 is 0. The maximum Gasteiger partial charge on any atom is 0.0801 e. The van der Waals surface area contributed by atoms with Crippen LogP contribution in [0.15, 0.2) is 42.6 Å². The summed E-state index contributed by atoms with van der Waals surface area (Å²) in [5.74, 6) is 0.598. The molecule has 0 saturated heterocycles. The molecule has 2 atom stereocenters. The predicted octanol–water partition coefficient (Wildman–Crippen LogP) is 4.35. The van der Waals surface area contributed by atoms with Crippen molar-refractivity contribution in [2.24, 2.45) is 5.92 Å². The molecule has 2 aromatic rings. The van der Waals surface area contributed by atoms with Gasteiger partial charge in [-0.2, -0.15) is 5.10 Å². The summed E-state index contributed by atoms with van der Waals surface area (Å²) in [6, 6.07) is 12.8.